The fourth-order valence-electron chi connectivity index (χ4n) is 2.39. The second kappa shape index (κ2) is 8.01. The zero-order valence-corrected chi connectivity index (χ0v) is 14.9. The Bertz CT molecular complexity index is 828. The lowest BCUT2D eigenvalue weighted by Crippen LogP contribution is -2.13. The van der Waals surface area contributed by atoms with Crippen LogP contribution in [0.15, 0.2) is 102 Å². The molecular weight excluding hydrogens is 329 g/mol. The van der Waals surface area contributed by atoms with Crippen molar-refractivity contribution in [3.8, 4) is 0 Å². The average Bonchev–Trinajstić information content (AvgIpc) is 2.67. The normalized spacial score (nSPS) is 12.0. The third-order valence-electron chi connectivity index (χ3n) is 3.62. The van der Waals surface area contributed by atoms with Gasteiger partial charge in [0.25, 0.3) is 0 Å². The van der Waals surface area contributed by atoms with E-state index in [0.29, 0.717) is 0 Å². The Balaban J connectivity index is 1.93. The van der Waals surface area contributed by atoms with Gasteiger partial charge >= 0.3 is 0 Å². The predicted octanol–water partition coefficient (Wildman–Crippen LogP) is 4.82. The molecule has 3 aromatic carbocycles. The minimum atomic E-state index is -2.19. The van der Waals surface area contributed by atoms with E-state index in [2.05, 4.69) is 36.4 Å². The first-order valence-electron chi connectivity index (χ1n) is 7.78. The molecule has 1 nitrogen and oxygen atoms in total. The van der Waals surface area contributed by atoms with E-state index in [9.17, 15) is 0 Å². The van der Waals surface area contributed by atoms with Gasteiger partial charge in [0.2, 0.25) is 0 Å². The Kier molecular flexibility index (Phi) is 5.53. The van der Waals surface area contributed by atoms with Crippen LogP contribution in [0.2, 0.25) is 0 Å². The number of allylic oxidation sites excluding steroid dienone is 1. The van der Waals surface area contributed by atoms with E-state index in [1.54, 1.807) is 0 Å². The Labute approximate surface area is 148 Å². The summed E-state index contributed by atoms with van der Waals surface area (Å²) in [5, 5.41) is 2.21. The van der Waals surface area contributed by atoms with Crippen molar-refractivity contribution in [2.75, 3.05) is 0 Å². The number of rotatable bonds is 5. The van der Waals surface area contributed by atoms with Crippen molar-refractivity contribution in [2.45, 2.75) is 0 Å². The fraction of sp³-hybridized carbons (Fsp3) is 0. The first kappa shape index (κ1) is 16.6. The molecule has 0 bridgehead atoms. The molecule has 0 heterocycles. The van der Waals surface area contributed by atoms with Crippen LogP contribution in [0.25, 0.3) is 6.08 Å². The monoisotopic (exact) mass is 347 g/mol. The largest absolute Gasteiger partial charge is 0.251 e. The average molecular weight is 347 g/mol. The highest BCUT2D eigenvalue weighted by Gasteiger charge is 2.19. The smallest absolute Gasteiger partial charge is 0.112 e. The molecule has 0 aliphatic rings. The maximum atomic E-state index is 6.04. The molecule has 0 aromatic heterocycles. The third kappa shape index (κ3) is 3.97. The predicted molar refractivity (Wildman–Crippen MR) is 110 cm³/mol. The van der Waals surface area contributed by atoms with Crippen LogP contribution in [0.3, 0.4) is 0 Å². The Morgan fingerprint density at radius 2 is 1.12 bits per heavy atom. The molecule has 3 rings (SSSR count). The van der Waals surface area contributed by atoms with Gasteiger partial charge < -0.3 is 0 Å². The van der Waals surface area contributed by atoms with Crippen LogP contribution in [-0.2, 0) is 11.8 Å². The molecule has 3 heteroatoms. The van der Waals surface area contributed by atoms with E-state index in [-0.39, 0.29) is 0 Å². The van der Waals surface area contributed by atoms with Gasteiger partial charge in [0.15, 0.2) is 0 Å². The van der Waals surface area contributed by atoms with Crippen LogP contribution < -0.4 is 10.6 Å². The minimum Gasteiger partial charge on any atom is -0.251 e. The lowest BCUT2D eigenvalue weighted by Gasteiger charge is -2.18. The molecule has 24 heavy (non-hydrogen) atoms. The summed E-state index contributed by atoms with van der Waals surface area (Å²) in [5.41, 5.74) is 1.15. The summed E-state index contributed by atoms with van der Waals surface area (Å²) in [6.07, 6.45) is 3.65. The first-order chi connectivity index (χ1) is 11.8. The van der Waals surface area contributed by atoms with Gasteiger partial charge in [-0.05, 0) is 11.6 Å². The summed E-state index contributed by atoms with van der Waals surface area (Å²) < 4.78 is 4.83. The Morgan fingerprint density at radius 3 is 1.62 bits per heavy atom. The van der Waals surface area contributed by atoms with E-state index in [1.807, 2.05) is 73.0 Å². The summed E-state index contributed by atoms with van der Waals surface area (Å²) in [4.78, 5) is 0. The van der Waals surface area contributed by atoms with E-state index in [1.165, 1.54) is 0 Å². The summed E-state index contributed by atoms with van der Waals surface area (Å²) in [7, 11) is 0. The van der Waals surface area contributed by atoms with Gasteiger partial charge in [-0.3, -0.25) is 4.76 Å². The van der Waals surface area contributed by atoms with Gasteiger partial charge in [0, 0.05) is 16.8 Å². The molecule has 0 amide bonds. The van der Waals surface area contributed by atoms with Crippen LogP contribution in [0.5, 0.6) is 0 Å². The lowest BCUT2D eigenvalue weighted by molar-refractivity contribution is 1.66. The molecule has 0 aliphatic carbocycles. The number of hydrogen-bond donors (Lipinski definition) is 0. The van der Waals surface area contributed by atoms with Gasteiger partial charge in [-0.25, -0.2) is 0 Å². The van der Waals surface area contributed by atoms with Gasteiger partial charge in [-0.1, -0.05) is 109 Å². The van der Waals surface area contributed by atoms with Gasteiger partial charge in [-0.15, -0.1) is 0 Å². The molecule has 0 atom stereocenters. The second-order valence-electron chi connectivity index (χ2n) is 5.28. The molecule has 0 N–H and O–H groups in total. The zero-order chi connectivity index (χ0) is 16.7. The lowest BCUT2D eigenvalue weighted by atomic mass is 10.2. The first-order valence-corrected chi connectivity index (χ1v) is 10.5. The summed E-state index contributed by atoms with van der Waals surface area (Å²) >= 11 is 6.04. The number of hydrogen-bond acceptors (Lipinski definition) is 1. The van der Waals surface area contributed by atoms with Crippen molar-refractivity contribution in [1.29, 1.82) is 0 Å². The summed E-state index contributed by atoms with van der Waals surface area (Å²) in [6.45, 7) is 0. The highest BCUT2D eigenvalue weighted by Crippen LogP contribution is 2.44. The topological polar surface area (TPSA) is 12.4 Å². The van der Waals surface area contributed by atoms with Crippen molar-refractivity contribution in [3.63, 3.8) is 0 Å². The molecule has 0 radical (unpaired) electrons. The molecule has 0 saturated heterocycles. The van der Waals surface area contributed by atoms with Crippen LogP contribution in [0.1, 0.15) is 5.56 Å². The van der Waals surface area contributed by atoms with Crippen LogP contribution in [-0.4, -0.2) is 6.21 Å². The molecule has 0 saturated carbocycles. The van der Waals surface area contributed by atoms with E-state index < -0.39 is 6.19 Å². The molecule has 3 aromatic rings. The van der Waals surface area contributed by atoms with Crippen molar-refractivity contribution < 1.29 is 0 Å². The molecule has 118 valence electrons. The standard InChI is InChI=1S/C21H18NPS/c24-23(20-14-6-2-7-15-20,21-16-8-3-9-17-21)22-18-10-13-19-11-4-1-5-12-19/h1-18H/b13-10+,22-18+. The van der Waals surface area contributed by atoms with Gasteiger partial charge in [-0.2, -0.15) is 0 Å². The van der Waals surface area contributed by atoms with Gasteiger partial charge in [0.1, 0.15) is 6.19 Å². The highest BCUT2D eigenvalue weighted by molar-refractivity contribution is 8.21. The Morgan fingerprint density at radius 1 is 0.667 bits per heavy atom. The third-order valence-corrected chi connectivity index (χ3v) is 7.62. The number of benzene rings is 3. The van der Waals surface area contributed by atoms with Crippen LogP contribution in [0, 0.1) is 0 Å². The second-order valence-corrected chi connectivity index (χ2v) is 9.28. The van der Waals surface area contributed by atoms with Crippen molar-refractivity contribution in [3.05, 3.63) is 103 Å². The van der Waals surface area contributed by atoms with Crippen LogP contribution >= 0.6 is 6.19 Å². The van der Waals surface area contributed by atoms with Crippen molar-refractivity contribution in [1.82, 2.24) is 0 Å². The highest BCUT2D eigenvalue weighted by atomic mass is 32.4. The summed E-state index contributed by atoms with van der Waals surface area (Å²) in [5.74, 6) is 0. The molecule has 0 spiro atoms. The molecule has 0 unspecified atom stereocenters. The summed E-state index contributed by atoms with van der Waals surface area (Å²) in [6, 6.07) is 30.6. The van der Waals surface area contributed by atoms with E-state index >= 15 is 0 Å². The minimum absolute atomic E-state index is 1.11. The van der Waals surface area contributed by atoms with E-state index in [4.69, 9.17) is 16.6 Å². The Hall–Kier alpha value is -2.28. The molecule has 0 aliphatic heterocycles. The maximum absolute atomic E-state index is 6.04. The van der Waals surface area contributed by atoms with Crippen molar-refractivity contribution in [2.24, 2.45) is 4.76 Å². The quantitative estimate of drug-likeness (QED) is 0.476. The fourth-order valence-corrected chi connectivity index (χ4v) is 5.27. The van der Waals surface area contributed by atoms with E-state index in [0.717, 1.165) is 16.2 Å². The SMILES string of the molecule is S=P(/N=C/C=C/c1ccccc1)(c1ccccc1)c1ccccc1. The van der Waals surface area contributed by atoms with Crippen molar-refractivity contribution >= 4 is 40.9 Å². The molecule has 0 fully saturated rings. The number of nitrogens with zero attached hydrogens (tertiary/aromatic N) is 1. The van der Waals surface area contributed by atoms with Crippen LogP contribution in [0.4, 0.5) is 0 Å². The maximum Gasteiger partial charge on any atom is 0.112 e. The molecular formula is C21H18NPS. The zero-order valence-electron chi connectivity index (χ0n) is 13.2. The van der Waals surface area contributed by atoms with Gasteiger partial charge in [0.05, 0.1) is 0 Å².